The van der Waals surface area contributed by atoms with Crippen LogP contribution in [0.15, 0.2) is 41.9 Å². The quantitative estimate of drug-likeness (QED) is 0.359. The van der Waals surface area contributed by atoms with Crippen LogP contribution in [0, 0.1) is 5.82 Å². The Balaban J connectivity index is 0.000000591. The Hall–Kier alpha value is -4.32. The number of likely N-dealkylation sites (tertiary alicyclic amines) is 2. The summed E-state index contributed by atoms with van der Waals surface area (Å²) in [6.07, 6.45) is -7.70. The number of carboxylic acid groups (broad SMARTS) is 1. The van der Waals surface area contributed by atoms with Crippen molar-refractivity contribution in [1.29, 1.82) is 0 Å². The molecule has 3 aromatic rings. The zero-order valence-electron chi connectivity index (χ0n) is 23.5. The van der Waals surface area contributed by atoms with E-state index in [9.17, 15) is 40.3 Å². The maximum atomic E-state index is 14.6. The molecule has 5 rings (SSSR count). The van der Waals surface area contributed by atoms with Gasteiger partial charge in [-0.25, -0.2) is 19.2 Å². The van der Waals surface area contributed by atoms with Crippen LogP contribution in [0.4, 0.5) is 41.7 Å². The van der Waals surface area contributed by atoms with E-state index in [1.165, 1.54) is 21.1 Å². The average molecular weight is 663 g/mol. The number of anilines is 2. The second kappa shape index (κ2) is 13.0. The largest absolute Gasteiger partial charge is 0.490 e. The molecule has 45 heavy (non-hydrogen) atoms. The van der Waals surface area contributed by atoms with Crippen LogP contribution in [0.1, 0.15) is 38.4 Å². The van der Waals surface area contributed by atoms with E-state index in [0.717, 1.165) is 12.1 Å². The summed E-state index contributed by atoms with van der Waals surface area (Å²) < 4.78 is 85.7. The molecule has 10 nitrogen and oxygen atoms in total. The molecule has 0 unspecified atom stereocenters. The van der Waals surface area contributed by atoms with E-state index < -0.39 is 41.2 Å². The zero-order valence-corrected chi connectivity index (χ0v) is 24.3. The third-order valence-corrected chi connectivity index (χ3v) is 7.64. The summed E-state index contributed by atoms with van der Waals surface area (Å²) in [6, 6.07) is 5.82. The van der Waals surface area contributed by atoms with Crippen LogP contribution < -0.4 is 5.32 Å². The van der Waals surface area contributed by atoms with Crippen molar-refractivity contribution in [2.45, 2.75) is 37.4 Å². The van der Waals surface area contributed by atoms with Gasteiger partial charge in [-0.05, 0) is 30.7 Å². The van der Waals surface area contributed by atoms with Gasteiger partial charge in [-0.15, -0.1) is 11.3 Å². The number of fused-ring (bicyclic) bond motifs is 2. The molecule has 2 aromatic heterocycles. The number of aliphatic carboxylic acids is 1. The lowest BCUT2D eigenvalue weighted by molar-refractivity contribution is -0.192. The van der Waals surface area contributed by atoms with E-state index in [1.54, 1.807) is 32.4 Å². The summed E-state index contributed by atoms with van der Waals surface area (Å²) in [5.74, 6) is -4.75. The fourth-order valence-corrected chi connectivity index (χ4v) is 5.52. The van der Waals surface area contributed by atoms with Gasteiger partial charge in [0, 0.05) is 63.0 Å². The zero-order chi connectivity index (χ0) is 33.3. The Morgan fingerprint density at radius 2 is 1.78 bits per heavy atom. The number of amides is 2. The SMILES string of the molecule is CN(C)C(=O)c1cc(CN2C[C@@H]3C[C@H]2CN3C(=O)c2cccc(C(F)(F)F)c2F)nc(Nc2nccs2)c1.O=C(O)C(F)(F)F. The smallest absolute Gasteiger partial charge is 0.475 e. The number of carbonyl (C=O) groups excluding carboxylic acids is 2. The number of hydrogen-bond donors (Lipinski definition) is 2. The number of hydrogen-bond acceptors (Lipinski definition) is 8. The molecular formula is C27H25F7N6O4S. The molecule has 18 heteroatoms. The number of piperazine rings is 1. The van der Waals surface area contributed by atoms with Crippen LogP contribution in [0.3, 0.4) is 0 Å². The molecule has 0 saturated carbocycles. The van der Waals surface area contributed by atoms with Crippen LogP contribution in [0.5, 0.6) is 0 Å². The standard InChI is InChI=1S/C25H24F4N6O2S.C2HF3O2/c1-33(2)22(36)14-8-15(31-20(9-14)32-24-30-6-7-38-24)11-34-12-17-10-16(34)13-35(17)23(37)18-4-3-5-19(21(18)26)25(27,28)29;3-2(4,5)1(6)7/h3-9,16-17H,10-13H2,1-2H3,(H,30,31,32);(H,6,7)/t16-,17-;/m0./s1. The van der Waals surface area contributed by atoms with Gasteiger partial charge >= 0.3 is 18.3 Å². The van der Waals surface area contributed by atoms with Gasteiger partial charge in [-0.2, -0.15) is 26.3 Å². The number of benzene rings is 1. The Kier molecular flexibility index (Phi) is 9.67. The maximum absolute atomic E-state index is 14.6. The Morgan fingerprint density at radius 1 is 1.09 bits per heavy atom. The van der Waals surface area contributed by atoms with E-state index in [-0.39, 0.29) is 24.5 Å². The third-order valence-electron chi connectivity index (χ3n) is 6.96. The molecule has 2 saturated heterocycles. The van der Waals surface area contributed by atoms with Crippen molar-refractivity contribution >= 4 is 40.1 Å². The first-order valence-electron chi connectivity index (χ1n) is 13.1. The van der Waals surface area contributed by atoms with Gasteiger partial charge in [0.25, 0.3) is 11.8 Å². The normalized spacial score (nSPS) is 17.9. The molecule has 242 valence electrons. The number of aromatic nitrogens is 2. The van der Waals surface area contributed by atoms with Crippen LogP contribution in [0.2, 0.25) is 0 Å². The van der Waals surface area contributed by atoms with Crippen molar-refractivity contribution in [2.24, 2.45) is 0 Å². The lowest BCUT2D eigenvalue weighted by atomic mass is 10.1. The minimum atomic E-state index is -5.08. The number of carbonyl (C=O) groups is 3. The molecule has 2 N–H and O–H groups in total. The van der Waals surface area contributed by atoms with Crippen LogP contribution in [-0.4, -0.2) is 93.0 Å². The van der Waals surface area contributed by atoms with Crippen molar-refractivity contribution in [3.63, 3.8) is 0 Å². The van der Waals surface area contributed by atoms with E-state index in [2.05, 4.69) is 20.2 Å². The molecule has 2 amide bonds. The molecule has 2 aliphatic rings. The number of halogens is 7. The van der Waals surface area contributed by atoms with Gasteiger partial charge in [-0.3, -0.25) is 14.5 Å². The number of nitrogens with one attached hydrogen (secondary N) is 1. The van der Waals surface area contributed by atoms with Gasteiger partial charge in [-0.1, -0.05) is 6.07 Å². The second-order valence-electron chi connectivity index (χ2n) is 10.3. The molecule has 2 bridgehead atoms. The first-order chi connectivity index (χ1) is 21.0. The fourth-order valence-electron chi connectivity index (χ4n) is 4.98. The number of alkyl halides is 6. The summed E-state index contributed by atoms with van der Waals surface area (Å²) in [5.41, 5.74) is -0.922. The first-order valence-corrected chi connectivity index (χ1v) is 13.9. The third kappa shape index (κ3) is 7.86. The highest BCUT2D eigenvalue weighted by Crippen LogP contribution is 2.36. The monoisotopic (exact) mass is 662 g/mol. The Bertz CT molecular complexity index is 1570. The van der Waals surface area contributed by atoms with Crippen LogP contribution >= 0.6 is 11.3 Å². The number of nitrogens with zero attached hydrogens (tertiary/aromatic N) is 5. The van der Waals surface area contributed by atoms with Crippen molar-refractivity contribution in [1.82, 2.24) is 24.7 Å². The highest BCUT2D eigenvalue weighted by molar-refractivity contribution is 7.13. The van der Waals surface area contributed by atoms with E-state index >= 15 is 0 Å². The molecular weight excluding hydrogens is 637 g/mol. The molecule has 2 fully saturated rings. The van der Waals surface area contributed by atoms with Crippen molar-refractivity contribution in [2.75, 3.05) is 32.5 Å². The summed E-state index contributed by atoms with van der Waals surface area (Å²) in [6.45, 7) is 1.13. The van der Waals surface area contributed by atoms with Gasteiger partial charge < -0.3 is 20.2 Å². The minimum Gasteiger partial charge on any atom is -0.475 e. The van der Waals surface area contributed by atoms with Gasteiger partial charge in [0.2, 0.25) is 0 Å². The highest BCUT2D eigenvalue weighted by Gasteiger charge is 2.46. The topological polar surface area (TPSA) is 119 Å². The number of carboxylic acids is 1. The van der Waals surface area contributed by atoms with E-state index in [0.29, 0.717) is 47.8 Å². The Labute approximate surface area is 255 Å². The second-order valence-corrected chi connectivity index (χ2v) is 11.2. The van der Waals surface area contributed by atoms with Crippen molar-refractivity contribution in [3.05, 3.63) is 70.1 Å². The molecule has 0 radical (unpaired) electrons. The summed E-state index contributed by atoms with van der Waals surface area (Å²) >= 11 is 1.40. The van der Waals surface area contributed by atoms with Gasteiger partial charge in [0.15, 0.2) is 5.13 Å². The average Bonchev–Trinajstić information content (AvgIpc) is 3.69. The first kappa shape index (κ1) is 33.6. The van der Waals surface area contributed by atoms with Crippen molar-refractivity contribution < 1.29 is 50.2 Å². The predicted molar refractivity (Wildman–Crippen MR) is 146 cm³/mol. The molecule has 2 atom stereocenters. The molecule has 0 aliphatic carbocycles. The predicted octanol–water partition coefficient (Wildman–Crippen LogP) is 4.87. The van der Waals surface area contributed by atoms with Gasteiger partial charge in [0.1, 0.15) is 11.6 Å². The number of thiazole rings is 1. The maximum Gasteiger partial charge on any atom is 0.490 e. The molecule has 2 aliphatic heterocycles. The lowest BCUT2D eigenvalue weighted by Gasteiger charge is -2.34. The van der Waals surface area contributed by atoms with Crippen LogP contribution in [-0.2, 0) is 17.5 Å². The summed E-state index contributed by atoms with van der Waals surface area (Å²) in [7, 11) is 3.32. The molecule has 1 aromatic carbocycles. The van der Waals surface area contributed by atoms with E-state index in [1.807, 2.05) is 5.38 Å². The minimum absolute atomic E-state index is 0.0665. The van der Waals surface area contributed by atoms with Gasteiger partial charge in [0.05, 0.1) is 16.8 Å². The summed E-state index contributed by atoms with van der Waals surface area (Å²) in [4.78, 5) is 48.5. The van der Waals surface area contributed by atoms with E-state index in [4.69, 9.17) is 9.90 Å². The molecule has 4 heterocycles. The van der Waals surface area contributed by atoms with Crippen molar-refractivity contribution in [3.8, 4) is 0 Å². The lowest BCUT2D eigenvalue weighted by Crippen LogP contribution is -2.48. The highest BCUT2D eigenvalue weighted by atomic mass is 32.1. The fraction of sp³-hybridized carbons (Fsp3) is 0.370. The summed E-state index contributed by atoms with van der Waals surface area (Å²) in [5, 5.41) is 12.7. The van der Waals surface area contributed by atoms with Crippen LogP contribution in [0.25, 0.3) is 0 Å². The molecule has 0 spiro atoms. The number of pyridine rings is 1. The number of rotatable bonds is 6. The Morgan fingerprint density at radius 3 is 2.31 bits per heavy atom.